The zero-order valence-corrected chi connectivity index (χ0v) is 9.58. The molecule has 3 N–H and O–H groups in total. The van der Waals surface area contributed by atoms with Crippen LogP contribution in [0.5, 0.6) is 0 Å². The average Bonchev–Trinajstić information content (AvgIpc) is 2.18. The number of halogens is 1. The molecule has 0 spiro atoms. The predicted octanol–water partition coefficient (Wildman–Crippen LogP) is 1.86. The Hall–Kier alpha value is -1.06. The second-order valence-corrected chi connectivity index (χ2v) is 3.95. The molecule has 1 aromatic rings. The van der Waals surface area contributed by atoms with Gasteiger partial charge in [0.25, 0.3) is 0 Å². The molecule has 0 fully saturated rings. The van der Waals surface area contributed by atoms with Crippen LogP contribution in [0.4, 0.5) is 0 Å². The Morgan fingerprint density at radius 3 is 2.53 bits per heavy atom. The van der Waals surface area contributed by atoms with E-state index in [2.05, 4.69) is 5.32 Å². The molecule has 0 heterocycles. The summed E-state index contributed by atoms with van der Waals surface area (Å²) in [6.07, 6.45) is 0. The van der Waals surface area contributed by atoms with Crippen LogP contribution >= 0.6 is 11.6 Å². The number of carbonyl (C=O) groups is 1. The summed E-state index contributed by atoms with van der Waals surface area (Å²) in [6.45, 7) is 3.52. The van der Waals surface area contributed by atoms with Crippen molar-refractivity contribution in [2.24, 2.45) is 5.73 Å². The van der Waals surface area contributed by atoms with E-state index in [9.17, 15) is 4.79 Å². The summed E-state index contributed by atoms with van der Waals surface area (Å²) >= 11 is 6.00. The molecule has 15 heavy (non-hydrogen) atoms. The van der Waals surface area contributed by atoms with Gasteiger partial charge in [0.1, 0.15) is 0 Å². The summed E-state index contributed by atoms with van der Waals surface area (Å²) < 4.78 is 0. The standard InChI is InChI=1S/C11H15ClN2O/c1-7(13)11(15)14-8(2)9-5-3-4-6-10(9)12/h3-8H,13H2,1-2H3,(H,14,15)/t7-,8+/m1/s1. The maximum atomic E-state index is 11.4. The van der Waals surface area contributed by atoms with Crippen molar-refractivity contribution in [1.82, 2.24) is 5.32 Å². The van der Waals surface area contributed by atoms with Gasteiger partial charge >= 0.3 is 0 Å². The molecule has 1 aromatic carbocycles. The van der Waals surface area contributed by atoms with E-state index in [-0.39, 0.29) is 11.9 Å². The van der Waals surface area contributed by atoms with E-state index in [1.165, 1.54) is 0 Å². The number of hydrogen-bond donors (Lipinski definition) is 2. The summed E-state index contributed by atoms with van der Waals surface area (Å²) in [6, 6.07) is 6.79. The number of amides is 1. The van der Waals surface area contributed by atoms with Crippen molar-refractivity contribution in [2.45, 2.75) is 25.9 Å². The summed E-state index contributed by atoms with van der Waals surface area (Å²) in [5.41, 5.74) is 6.35. The maximum Gasteiger partial charge on any atom is 0.237 e. The van der Waals surface area contributed by atoms with Gasteiger partial charge in [-0.15, -0.1) is 0 Å². The lowest BCUT2D eigenvalue weighted by Gasteiger charge is -2.16. The highest BCUT2D eigenvalue weighted by molar-refractivity contribution is 6.31. The van der Waals surface area contributed by atoms with Gasteiger partial charge in [-0.1, -0.05) is 29.8 Å². The zero-order chi connectivity index (χ0) is 11.4. The van der Waals surface area contributed by atoms with E-state index in [4.69, 9.17) is 17.3 Å². The summed E-state index contributed by atoms with van der Waals surface area (Å²) in [7, 11) is 0. The van der Waals surface area contributed by atoms with Crippen molar-refractivity contribution in [3.63, 3.8) is 0 Å². The highest BCUT2D eigenvalue weighted by Gasteiger charge is 2.14. The van der Waals surface area contributed by atoms with Gasteiger partial charge in [-0.2, -0.15) is 0 Å². The minimum atomic E-state index is -0.505. The Morgan fingerprint density at radius 2 is 2.00 bits per heavy atom. The third kappa shape index (κ3) is 3.22. The average molecular weight is 227 g/mol. The second kappa shape index (κ2) is 5.14. The van der Waals surface area contributed by atoms with Crippen LogP contribution in [0.1, 0.15) is 25.5 Å². The van der Waals surface area contributed by atoms with E-state index in [1.807, 2.05) is 25.1 Å². The molecular weight excluding hydrogens is 212 g/mol. The van der Waals surface area contributed by atoms with Gasteiger partial charge in [0.2, 0.25) is 5.91 Å². The highest BCUT2D eigenvalue weighted by Crippen LogP contribution is 2.21. The van der Waals surface area contributed by atoms with Gasteiger partial charge in [0.15, 0.2) is 0 Å². The van der Waals surface area contributed by atoms with Gasteiger partial charge in [0.05, 0.1) is 12.1 Å². The number of nitrogens with two attached hydrogens (primary N) is 1. The van der Waals surface area contributed by atoms with Gasteiger partial charge < -0.3 is 11.1 Å². The van der Waals surface area contributed by atoms with E-state index in [0.717, 1.165) is 5.56 Å². The second-order valence-electron chi connectivity index (χ2n) is 3.54. The van der Waals surface area contributed by atoms with Crippen LogP contribution in [0.25, 0.3) is 0 Å². The largest absolute Gasteiger partial charge is 0.348 e. The fourth-order valence-corrected chi connectivity index (χ4v) is 1.55. The van der Waals surface area contributed by atoms with Crippen molar-refractivity contribution in [2.75, 3.05) is 0 Å². The number of benzene rings is 1. The van der Waals surface area contributed by atoms with Crippen molar-refractivity contribution >= 4 is 17.5 Å². The van der Waals surface area contributed by atoms with E-state index in [0.29, 0.717) is 5.02 Å². The minimum Gasteiger partial charge on any atom is -0.348 e. The molecule has 2 atom stereocenters. The molecule has 1 rings (SSSR count). The molecule has 4 heteroatoms. The van der Waals surface area contributed by atoms with Crippen LogP contribution in [0, 0.1) is 0 Å². The first-order valence-electron chi connectivity index (χ1n) is 4.82. The quantitative estimate of drug-likeness (QED) is 0.827. The maximum absolute atomic E-state index is 11.4. The third-order valence-corrected chi connectivity index (χ3v) is 2.49. The van der Waals surface area contributed by atoms with Crippen LogP contribution < -0.4 is 11.1 Å². The van der Waals surface area contributed by atoms with Crippen LogP contribution in [-0.4, -0.2) is 11.9 Å². The molecule has 0 bridgehead atoms. The number of carbonyl (C=O) groups excluding carboxylic acids is 1. The first kappa shape index (κ1) is 12.0. The lowest BCUT2D eigenvalue weighted by molar-refractivity contribution is -0.122. The van der Waals surface area contributed by atoms with Gasteiger partial charge in [-0.25, -0.2) is 0 Å². The molecule has 0 radical (unpaired) electrons. The van der Waals surface area contributed by atoms with E-state index in [1.54, 1.807) is 13.0 Å². The van der Waals surface area contributed by atoms with Gasteiger partial charge in [0, 0.05) is 5.02 Å². The molecule has 0 aliphatic carbocycles. The molecule has 0 unspecified atom stereocenters. The van der Waals surface area contributed by atoms with Crippen LogP contribution in [-0.2, 0) is 4.79 Å². The monoisotopic (exact) mass is 226 g/mol. The van der Waals surface area contributed by atoms with Crippen molar-refractivity contribution < 1.29 is 4.79 Å². The predicted molar refractivity (Wildman–Crippen MR) is 61.7 cm³/mol. The lowest BCUT2D eigenvalue weighted by atomic mass is 10.1. The number of nitrogens with one attached hydrogen (secondary N) is 1. The highest BCUT2D eigenvalue weighted by atomic mass is 35.5. The molecular formula is C11H15ClN2O. The molecule has 82 valence electrons. The van der Waals surface area contributed by atoms with Crippen molar-refractivity contribution in [3.05, 3.63) is 34.9 Å². The summed E-state index contributed by atoms with van der Waals surface area (Å²) in [5, 5.41) is 3.44. The minimum absolute atomic E-state index is 0.128. The van der Waals surface area contributed by atoms with E-state index < -0.39 is 6.04 Å². The first-order valence-corrected chi connectivity index (χ1v) is 5.20. The Balaban J connectivity index is 2.73. The van der Waals surface area contributed by atoms with Gasteiger partial charge in [-0.05, 0) is 25.5 Å². The zero-order valence-electron chi connectivity index (χ0n) is 8.83. The molecule has 0 saturated carbocycles. The number of hydrogen-bond acceptors (Lipinski definition) is 2. The summed E-state index contributed by atoms with van der Waals surface area (Å²) in [4.78, 5) is 11.4. The Kier molecular flexibility index (Phi) is 4.12. The van der Waals surface area contributed by atoms with Crippen LogP contribution in [0.2, 0.25) is 5.02 Å². The first-order chi connectivity index (χ1) is 7.02. The van der Waals surface area contributed by atoms with Crippen molar-refractivity contribution in [3.8, 4) is 0 Å². The topological polar surface area (TPSA) is 55.1 Å². The Bertz CT molecular complexity index is 352. The molecule has 0 aromatic heterocycles. The smallest absolute Gasteiger partial charge is 0.237 e. The van der Waals surface area contributed by atoms with Gasteiger partial charge in [-0.3, -0.25) is 4.79 Å². The Labute approximate surface area is 94.6 Å². The van der Waals surface area contributed by atoms with Crippen LogP contribution in [0.3, 0.4) is 0 Å². The molecule has 0 aliphatic heterocycles. The SMILES string of the molecule is C[C@H](NC(=O)[C@@H](C)N)c1ccccc1Cl. The molecule has 0 aliphatic rings. The van der Waals surface area contributed by atoms with E-state index >= 15 is 0 Å². The molecule has 0 saturated heterocycles. The number of rotatable bonds is 3. The fraction of sp³-hybridized carbons (Fsp3) is 0.364. The normalized spacial score (nSPS) is 14.4. The van der Waals surface area contributed by atoms with Crippen LogP contribution in [0.15, 0.2) is 24.3 Å². The third-order valence-electron chi connectivity index (χ3n) is 2.14. The lowest BCUT2D eigenvalue weighted by Crippen LogP contribution is -2.39. The summed E-state index contributed by atoms with van der Waals surface area (Å²) in [5.74, 6) is -0.178. The Morgan fingerprint density at radius 1 is 1.40 bits per heavy atom. The fourth-order valence-electron chi connectivity index (χ4n) is 1.25. The molecule has 1 amide bonds. The molecule has 3 nitrogen and oxygen atoms in total. The van der Waals surface area contributed by atoms with Crippen molar-refractivity contribution in [1.29, 1.82) is 0 Å².